The highest BCUT2D eigenvalue weighted by atomic mass is 32.1. The maximum atomic E-state index is 11.3. The molecule has 8 heteroatoms. The van der Waals surface area contributed by atoms with E-state index in [0.717, 1.165) is 11.3 Å². The van der Waals surface area contributed by atoms with Crippen molar-refractivity contribution in [1.29, 1.82) is 0 Å². The number of rotatable bonds is 1. The lowest BCUT2D eigenvalue weighted by molar-refractivity contribution is 1.09. The molecule has 0 aromatic carbocycles. The predicted molar refractivity (Wildman–Crippen MR) is 58.5 cm³/mol. The lowest BCUT2D eigenvalue weighted by Crippen LogP contribution is -2.21. The number of nitrogens with one attached hydrogen (secondary N) is 2. The van der Waals surface area contributed by atoms with Crippen LogP contribution >= 0.6 is 11.3 Å². The van der Waals surface area contributed by atoms with Crippen LogP contribution in [0.5, 0.6) is 0 Å². The van der Waals surface area contributed by atoms with E-state index in [1.165, 1.54) is 6.07 Å². The molecular weight excluding hydrogens is 218 g/mol. The molecule has 2 aromatic heterocycles. The van der Waals surface area contributed by atoms with E-state index in [0.29, 0.717) is 15.2 Å². The number of H-pyrrole nitrogens is 2. The van der Waals surface area contributed by atoms with Crippen LogP contribution in [0.1, 0.15) is 0 Å². The highest BCUT2D eigenvalue weighted by Gasteiger charge is 2.05. The predicted octanol–water partition coefficient (Wildman–Crippen LogP) is -0.817. The van der Waals surface area contributed by atoms with Crippen LogP contribution in [0.15, 0.2) is 20.6 Å². The highest BCUT2D eigenvalue weighted by Crippen LogP contribution is 2.27. The van der Waals surface area contributed by atoms with Crippen molar-refractivity contribution in [3.8, 4) is 0 Å². The molecule has 6 N–H and O–H groups in total. The van der Waals surface area contributed by atoms with E-state index in [1.807, 2.05) is 0 Å². The number of thiophene rings is 1. The summed E-state index contributed by atoms with van der Waals surface area (Å²) in [6, 6.07) is 1.54. The van der Waals surface area contributed by atoms with E-state index in [4.69, 9.17) is 11.5 Å². The Balaban J connectivity index is 2.76. The Hall–Kier alpha value is -2.09. The van der Waals surface area contributed by atoms with E-state index in [9.17, 15) is 9.59 Å². The first-order valence-electron chi connectivity index (χ1n) is 3.92. The molecule has 0 bridgehead atoms. The average Bonchev–Trinajstić information content (AvgIpc) is 2.45. The third kappa shape index (κ3) is 1.74. The Morgan fingerprint density at radius 2 is 2.07 bits per heavy atom. The monoisotopic (exact) mass is 225 g/mol. The third-order valence-corrected chi connectivity index (χ3v) is 2.67. The molecule has 0 amide bonds. The van der Waals surface area contributed by atoms with Crippen molar-refractivity contribution in [2.45, 2.75) is 0 Å². The zero-order chi connectivity index (χ0) is 11.0. The zero-order valence-electron chi connectivity index (χ0n) is 7.40. The Bertz CT molecular complexity index is 645. The fourth-order valence-corrected chi connectivity index (χ4v) is 2.04. The largest absolute Gasteiger partial charge is 0.370 e. The first-order valence-corrected chi connectivity index (χ1v) is 4.73. The van der Waals surface area contributed by atoms with Crippen LogP contribution in [-0.2, 0) is 0 Å². The molecule has 7 nitrogen and oxygen atoms in total. The van der Waals surface area contributed by atoms with E-state index in [2.05, 4.69) is 15.0 Å². The minimum absolute atomic E-state index is 0.0969. The fraction of sp³-hybridized carbons (Fsp3) is 0. The number of aromatic amines is 2. The summed E-state index contributed by atoms with van der Waals surface area (Å²) in [5.41, 5.74) is 9.80. The van der Waals surface area contributed by atoms with Crippen LogP contribution in [0.4, 0.5) is 5.00 Å². The highest BCUT2D eigenvalue weighted by molar-refractivity contribution is 7.22. The van der Waals surface area contributed by atoms with Gasteiger partial charge in [-0.1, -0.05) is 0 Å². The quantitative estimate of drug-likeness (QED) is 0.373. The van der Waals surface area contributed by atoms with Crippen molar-refractivity contribution >= 4 is 32.5 Å². The number of aromatic nitrogens is 2. The van der Waals surface area contributed by atoms with Crippen molar-refractivity contribution < 1.29 is 0 Å². The Morgan fingerprint density at radius 3 is 2.73 bits per heavy atom. The smallest absolute Gasteiger partial charge is 0.326 e. The summed E-state index contributed by atoms with van der Waals surface area (Å²) >= 11 is 1.10. The molecule has 0 saturated heterocycles. The molecule has 2 aromatic rings. The van der Waals surface area contributed by atoms with E-state index >= 15 is 0 Å². The van der Waals surface area contributed by atoms with Gasteiger partial charge in [0.1, 0.15) is 9.70 Å². The summed E-state index contributed by atoms with van der Waals surface area (Å²) in [4.78, 5) is 30.6. The lowest BCUT2D eigenvalue weighted by Gasteiger charge is -1.85. The third-order valence-electron chi connectivity index (χ3n) is 1.64. The maximum absolute atomic E-state index is 11.3. The van der Waals surface area contributed by atoms with E-state index < -0.39 is 11.2 Å². The van der Waals surface area contributed by atoms with Crippen LogP contribution in [-0.4, -0.2) is 15.9 Å². The first kappa shape index (κ1) is 9.46. The topological polar surface area (TPSA) is 130 Å². The van der Waals surface area contributed by atoms with Gasteiger partial charge in [0.05, 0.1) is 5.52 Å². The van der Waals surface area contributed by atoms with Crippen LogP contribution in [0, 0.1) is 0 Å². The number of hydrogen-bond acceptors (Lipinski definition) is 4. The van der Waals surface area contributed by atoms with Gasteiger partial charge in [0, 0.05) is 0 Å². The molecule has 0 saturated carbocycles. The first-order chi connectivity index (χ1) is 7.06. The fourth-order valence-electron chi connectivity index (χ4n) is 1.14. The lowest BCUT2D eigenvalue weighted by atomic mass is 10.5. The van der Waals surface area contributed by atoms with Crippen molar-refractivity contribution in [3.63, 3.8) is 0 Å². The van der Waals surface area contributed by atoms with Gasteiger partial charge in [-0.25, -0.2) is 9.79 Å². The van der Waals surface area contributed by atoms with Crippen LogP contribution < -0.4 is 22.7 Å². The summed E-state index contributed by atoms with van der Waals surface area (Å²) in [5, 5.41) is 0.470. The minimum atomic E-state index is -0.554. The second kappa shape index (κ2) is 3.24. The molecule has 0 unspecified atom stereocenters. The molecule has 15 heavy (non-hydrogen) atoms. The summed E-state index contributed by atoms with van der Waals surface area (Å²) in [7, 11) is 0. The van der Waals surface area contributed by atoms with E-state index in [-0.39, 0.29) is 5.96 Å². The van der Waals surface area contributed by atoms with Crippen molar-refractivity contribution in [2.75, 3.05) is 0 Å². The van der Waals surface area contributed by atoms with Gasteiger partial charge < -0.3 is 16.5 Å². The van der Waals surface area contributed by atoms with Gasteiger partial charge in [0.25, 0.3) is 5.56 Å². The van der Waals surface area contributed by atoms with Crippen LogP contribution in [0.3, 0.4) is 0 Å². The number of nitrogens with zero attached hydrogens (tertiary/aromatic N) is 1. The SMILES string of the molecule is NC(N)=Nc1cc2[nH]c(=O)[nH]c(=O)c2s1. The molecule has 2 heterocycles. The number of guanidine groups is 1. The number of aliphatic imine (C=N–C) groups is 1. The molecule has 0 aliphatic heterocycles. The normalized spacial score (nSPS) is 10.4. The molecule has 0 aliphatic carbocycles. The van der Waals surface area contributed by atoms with Crippen molar-refractivity contribution in [2.24, 2.45) is 16.5 Å². The van der Waals surface area contributed by atoms with Gasteiger partial charge in [0.15, 0.2) is 5.96 Å². The molecule has 78 valence electrons. The van der Waals surface area contributed by atoms with E-state index in [1.54, 1.807) is 0 Å². The average molecular weight is 225 g/mol. The molecule has 2 rings (SSSR count). The Morgan fingerprint density at radius 1 is 1.33 bits per heavy atom. The standard InChI is InChI=1S/C7H7N5O2S/c8-6(9)11-3-1-2-4(15-3)5(13)12-7(14)10-2/h1H,(H4,8,9,11)(H2,10,12,13,14). The molecule has 0 radical (unpaired) electrons. The van der Waals surface area contributed by atoms with Gasteiger partial charge >= 0.3 is 5.69 Å². The van der Waals surface area contributed by atoms with Gasteiger partial charge in [-0.05, 0) is 6.07 Å². The minimum Gasteiger partial charge on any atom is -0.370 e. The number of hydrogen-bond donors (Lipinski definition) is 4. The van der Waals surface area contributed by atoms with Crippen molar-refractivity contribution in [3.05, 3.63) is 26.9 Å². The summed E-state index contributed by atoms with van der Waals surface area (Å²) in [6.45, 7) is 0. The van der Waals surface area contributed by atoms with Gasteiger partial charge in [-0.3, -0.25) is 9.78 Å². The molecule has 0 atom stereocenters. The van der Waals surface area contributed by atoms with Gasteiger partial charge in [-0.15, -0.1) is 11.3 Å². The number of fused-ring (bicyclic) bond motifs is 1. The maximum Gasteiger partial charge on any atom is 0.326 e. The van der Waals surface area contributed by atoms with Gasteiger partial charge in [-0.2, -0.15) is 0 Å². The summed E-state index contributed by atoms with van der Waals surface area (Å²) in [6.07, 6.45) is 0. The second-order valence-corrected chi connectivity index (χ2v) is 3.80. The molecule has 0 aliphatic rings. The summed E-state index contributed by atoms with van der Waals surface area (Å²) in [5.74, 6) is -0.0969. The molecule has 0 spiro atoms. The number of nitrogens with two attached hydrogens (primary N) is 2. The summed E-state index contributed by atoms with van der Waals surface area (Å²) < 4.78 is 0.384. The van der Waals surface area contributed by atoms with Crippen molar-refractivity contribution in [1.82, 2.24) is 9.97 Å². The molecular formula is C7H7N5O2S. The van der Waals surface area contributed by atoms with Gasteiger partial charge in [0.2, 0.25) is 0 Å². The van der Waals surface area contributed by atoms with Crippen LogP contribution in [0.2, 0.25) is 0 Å². The Kier molecular flexibility index (Phi) is 2.05. The second-order valence-electron chi connectivity index (χ2n) is 2.77. The van der Waals surface area contributed by atoms with Crippen LogP contribution in [0.25, 0.3) is 10.2 Å². The zero-order valence-corrected chi connectivity index (χ0v) is 8.22. The Labute approximate surface area is 86.5 Å². The molecule has 0 fully saturated rings.